The minimum Gasteiger partial charge on any atom is -0.308 e. The zero-order valence-electron chi connectivity index (χ0n) is 11.7. The minimum atomic E-state index is 0.493. The summed E-state index contributed by atoms with van der Waals surface area (Å²) in [5, 5.41) is 3.66. The van der Waals surface area contributed by atoms with Gasteiger partial charge in [-0.15, -0.1) is 0 Å². The molecular weight excluding hydrogens is 208 g/mol. The fourth-order valence-corrected chi connectivity index (χ4v) is 2.86. The molecule has 94 valence electrons. The molecule has 1 aliphatic rings. The molecule has 0 bridgehead atoms. The van der Waals surface area contributed by atoms with Gasteiger partial charge in [-0.2, -0.15) is 0 Å². The molecule has 1 aromatic carbocycles. The summed E-state index contributed by atoms with van der Waals surface area (Å²) in [4.78, 5) is 2.41. The summed E-state index contributed by atoms with van der Waals surface area (Å²) in [7, 11) is 2.21. The van der Waals surface area contributed by atoms with E-state index in [1.807, 2.05) is 0 Å². The number of nitrogens with one attached hydrogen (secondary N) is 1. The monoisotopic (exact) mass is 232 g/mol. The number of benzene rings is 1. The molecule has 1 aromatic rings. The lowest BCUT2D eigenvalue weighted by Gasteiger charge is -2.33. The van der Waals surface area contributed by atoms with Gasteiger partial charge in [0.2, 0.25) is 0 Å². The summed E-state index contributed by atoms with van der Waals surface area (Å²) in [6, 6.07) is 2.80. The Morgan fingerprint density at radius 1 is 1.12 bits per heavy atom. The highest BCUT2D eigenvalue weighted by atomic mass is 15.2. The van der Waals surface area contributed by atoms with Gasteiger partial charge < -0.3 is 10.2 Å². The maximum atomic E-state index is 3.66. The quantitative estimate of drug-likeness (QED) is 0.800. The van der Waals surface area contributed by atoms with Crippen molar-refractivity contribution in [3.05, 3.63) is 33.9 Å². The van der Waals surface area contributed by atoms with Crippen LogP contribution in [0, 0.1) is 27.7 Å². The van der Waals surface area contributed by atoms with E-state index in [1.54, 1.807) is 0 Å². The van der Waals surface area contributed by atoms with Crippen molar-refractivity contribution in [3.8, 4) is 0 Å². The van der Waals surface area contributed by atoms with E-state index in [0.29, 0.717) is 6.04 Å². The number of piperazine rings is 1. The van der Waals surface area contributed by atoms with Crippen molar-refractivity contribution in [3.63, 3.8) is 0 Å². The summed E-state index contributed by atoms with van der Waals surface area (Å²) in [5.74, 6) is 0. The highest BCUT2D eigenvalue weighted by Gasteiger charge is 2.22. The molecule has 0 saturated carbocycles. The molecule has 1 fully saturated rings. The van der Waals surface area contributed by atoms with Crippen LogP contribution in [0.4, 0.5) is 0 Å². The summed E-state index contributed by atoms with van der Waals surface area (Å²) in [6.07, 6.45) is 0. The number of likely N-dealkylation sites (N-methyl/N-ethyl adjacent to an activating group) is 1. The van der Waals surface area contributed by atoms with Gasteiger partial charge in [-0.25, -0.2) is 0 Å². The molecule has 0 aromatic heterocycles. The van der Waals surface area contributed by atoms with Crippen molar-refractivity contribution in [2.75, 3.05) is 26.7 Å². The first-order chi connectivity index (χ1) is 8.00. The molecule has 1 atom stereocenters. The van der Waals surface area contributed by atoms with Crippen molar-refractivity contribution in [2.24, 2.45) is 0 Å². The van der Waals surface area contributed by atoms with Gasteiger partial charge in [0.25, 0.3) is 0 Å². The first kappa shape index (κ1) is 12.6. The Morgan fingerprint density at radius 3 is 2.24 bits per heavy atom. The Morgan fingerprint density at radius 2 is 1.71 bits per heavy atom. The Bertz CT molecular complexity index is 397. The van der Waals surface area contributed by atoms with Crippen LogP contribution >= 0.6 is 0 Å². The first-order valence-electron chi connectivity index (χ1n) is 6.50. The zero-order chi connectivity index (χ0) is 12.6. The van der Waals surface area contributed by atoms with E-state index >= 15 is 0 Å². The fraction of sp³-hybridized carbons (Fsp3) is 0.600. The number of nitrogens with zero attached hydrogens (tertiary/aromatic N) is 1. The predicted octanol–water partition coefficient (Wildman–Crippen LogP) is 2.50. The molecule has 1 heterocycles. The Kier molecular flexibility index (Phi) is 3.55. The summed E-state index contributed by atoms with van der Waals surface area (Å²) in [6.45, 7) is 12.3. The summed E-state index contributed by atoms with van der Waals surface area (Å²) in [5.41, 5.74) is 7.27. The lowest BCUT2D eigenvalue weighted by Crippen LogP contribution is -2.44. The van der Waals surface area contributed by atoms with Crippen LogP contribution in [0.5, 0.6) is 0 Å². The second-order valence-corrected chi connectivity index (χ2v) is 5.44. The standard InChI is InChI=1S/C15H24N2/c1-10-8-11(2)13(4)15(12(10)3)14-9-17(5)7-6-16-14/h8,14,16H,6-7,9H2,1-5H3. The van der Waals surface area contributed by atoms with E-state index in [4.69, 9.17) is 0 Å². The molecule has 0 spiro atoms. The number of aryl methyl sites for hydroxylation is 2. The van der Waals surface area contributed by atoms with Gasteiger partial charge in [-0.3, -0.25) is 0 Å². The number of hydrogen-bond donors (Lipinski definition) is 1. The van der Waals surface area contributed by atoms with Crippen molar-refractivity contribution < 1.29 is 0 Å². The van der Waals surface area contributed by atoms with Crippen LogP contribution in [-0.4, -0.2) is 31.6 Å². The van der Waals surface area contributed by atoms with Crippen LogP contribution < -0.4 is 5.32 Å². The minimum absolute atomic E-state index is 0.493. The molecule has 1 saturated heterocycles. The van der Waals surface area contributed by atoms with Crippen molar-refractivity contribution >= 4 is 0 Å². The van der Waals surface area contributed by atoms with Crippen LogP contribution in [0.15, 0.2) is 6.07 Å². The molecular formula is C15H24N2. The van der Waals surface area contributed by atoms with Gasteiger partial charge in [0.15, 0.2) is 0 Å². The topological polar surface area (TPSA) is 15.3 Å². The molecule has 1 aliphatic heterocycles. The second kappa shape index (κ2) is 4.79. The fourth-order valence-electron chi connectivity index (χ4n) is 2.86. The Balaban J connectivity index is 2.43. The smallest absolute Gasteiger partial charge is 0.0455 e. The van der Waals surface area contributed by atoms with Gasteiger partial charge in [0.1, 0.15) is 0 Å². The average molecular weight is 232 g/mol. The molecule has 0 aliphatic carbocycles. The zero-order valence-corrected chi connectivity index (χ0v) is 11.7. The van der Waals surface area contributed by atoms with E-state index in [-0.39, 0.29) is 0 Å². The van der Waals surface area contributed by atoms with Gasteiger partial charge in [-0.05, 0) is 62.6 Å². The summed E-state index contributed by atoms with van der Waals surface area (Å²) >= 11 is 0. The lowest BCUT2D eigenvalue weighted by atomic mass is 9.89. The third-order valence-corrected chi connectivity index (χ3v) is 4.15. The van der Waals surface area contributed by atoms with Crippen LogP contribution in [-0.2, 0) is 0 Å². The van der Waals surface area contributed by atoms with Crippen LogP contribution in [0.3, 0.4) is 0 Å². The first-order valence-corrected chi connectivity index (χ1v) is 6.50. The van der Waals surface area contributed by atoms with E-state index in [0.717, 1.165) is 19.6 Å². The van der Waals surface area contributed by atoms with Crippen LogP contribution in [0.25, 0.3) is 0 Å². The van der Waals surface area contributed by atoms with Crippen LogP contribution in [0.1, 0.15) is 33.9 Å². The van der Waals surface area contributed by atoms with Gasteiger partial charge in [-0.1, -0.05) is 6.07 Å². The van der Waals surface area contributed by atoms with Crippen molar-refractivity contribution in [2.45, 2.75) is 33.7 Å². The highest BCUT2D eigenvalue weighted by molar-refractivity contribution is 5.46. The molecule has 0 radical (unpaired) electrons. The second-order valence-electron chi connectivity index (χ2n) is 5.44. The van der Waals surface area contributed by atoms with Crippen molar-refractivity contribution in [1.82, 2.24) is 10.2 Å². The number of hydrogen-bond acceptors (Lipinski definition) is 2. The third kappa shape index (κ3) is 2.38. The highest BCUT2D eigenvalue weighted by Crippen LogP contribution is 2.28. The average Bonchev–Trinajstić information content (AvgIpc) is 2.27. The maximum absolute atomic E-state index is 3.66. The van der Waals surface area contributed by atoms with Gasteiger partial charge >= 0.3 is 0 Å². The Labute approximate surface area is 105 Å². The molecule has 2 heteroatoms. The molecule has 2 nitrogen and oxygen atoms in total. The molecule has 1 N–H and O–H groups in total. The third-order valence-electron chi connectivity index (χ3n) is 4.15. The van der Waals surface area contributed by atoms with Gasteiger partial charge in [0.05, 0.1) is 0 Å². The molecule has 1 unspecified atom stereocenters. The Hall–Kier alpha value is -0.860. The summed E-state index contributed by atoms with van der Waals surface area (Å²) < 4.78 is 0. The van der Waals surface area contributed by atoms with E-state index in [1.165, 1.54) is 27.8 Å². The van der Waals surface area contributed by atoms with Crippen LogP contribution in [0.2, 0.25) is 0 Å². The largest absolute Gasteiger partial charge is 0.308 e. The lowest BCUT2D eigenvalue weighted by molar-refractivity contribution is 0.240. The molecule has 0 amide bonds. The number of rotatable bonds is 1. The van der Waals surface area contributed by atoms with Gasteiger partial charge in [0, 0.05) is 25.7 Å². The predicted molar refractivity (Wildman–Crippen MR) is 73.6 cm³/mol. The molecule has 17 heavy (non-hydrogen) atoms. The normalized spacial score (nSPS) is 21.8. The van der Waals surface area contributed by atoms with E-state index < -0.39 is 0 Å². The molecule has 2 rings (SSSR count). The SMILES string of the molecule is Cc1cc(C)c(C)c(C2CN(C)CCN2)c1C. The van der Waals surface area contributed by atoms with Crippen molar-refractivity contribution in [1.29, 1.82) is 0 Å². The maximum Gasteiger partial charge on any atom is 0.0455 e. The van der Waals surface area contributed by atoms with E-state index in [2.05, 4.69) is 51.0 Å². The van der Waals surface area contributed by atoms with E-state index in [9.17, 15) is 0 Å².